The molecule has 0 aromatic heterocycles. The molecule has 1 aliphatic carbocycles. The second-order valence-electron chi connectivity index (χ2n) is 9.93. The molecule has 0 spiro atoms. The highest BCUT2D eigenvalue weighted by atomic mass is 35.5. The molecule has 1 saturated carbocycles. The standard InChI is InChI=1S/C28H36Cl2N2O2.ClH/c1-31(2)16-6-18-34-23-11-9-20(10-12-23)24-13-14-26(29)25(27(24)30)19-21-15-17-32(28(21)33)22-7-4-3-5-8-22;/h9-14,21-22H,3-8,15-19H2,1-2H3;1H. The van der Waals surface area contributed by atoms with Crippen molar-refractivity contribution in [1.82, 2.24) is 9.80 Å². The Morgan fingerprint density at radius 2 is 1.71 bits per heavy atom. The lowest BCUT2D eigenvalue weighted by Crippen LogP contribution is -2.39. The van der Waals surface area contributed by atoms with Crippen LogP contribution in [-0.4, -0.2) is 55.5 Å². The molecule has 1 heterocycles. The molecule has 2 aliphatic rings. The highest BCUT2D eigenvalue weighted by Crippen LogP contribution is 2.39. The van der Waals surface area contributed by atoms with Gasteiger partial charge in [0.15, 0.2) is 0 Å². The van der Waals surface area contributed by atoms with E-state index in [4.69, 9.17) is 27.9 Å². The summed E-state index contributed by atoms with van der Waals surface area (Å²) in [6.45, 7) is 2.55. The van der Waals surface area contributed by atoms with E-state index in [1.807, 2.05) is 36.4 Å². The van der Waals surface area contributed by atoms with E-state index in [1.54, 1.807) is 0 Å². The van der Waals surface area contributed by atoms with Gasteiger partial charge < -0.3 is 14.5 Å². The van der Waals surface area contributed by atoms with Gasteiger partial charge in [0, 0.05) is 35.6 Å². The number of carbonyl (C=O) groups is 1. The first-order valence-electron chi connectivity index (χ1n) is 12.6. The number of nitrogens with zero attached hydrogens (tertiary/aromatic N) is 2. The number of amides is 1. The van der Waals surface area contributed by atoms with Crippen molar-refractivity contribution >= 4 is 41.5 Å². The first kappa shape index (κ1) is 28.1. The molecule has 2 aromatic carbocycles. The number of rotatable bonds is 9. The van der Waals surface area contributed by atoms with Gasteiger partial charge in [0.25, 0.3) is 0 Å². The van der Waals surface area contributed by atoms with Gasteiger partial charge in [0.05, 0.1) is 11.6 Å². The number of hydrogen-bond donors (Lipinski definition) is 0. The molecule has 0 N–H and O–H groups in total. The van der Waals surface area contributed by atoms with Crippen LogP contribution in [0, 0.1) is 5.92 Å². The summed E-state index contributed by atoms with van der Waals surface area (Å²) >= 11 is 13.5. The van der Waals surface area contributed by atoms with Crippen molar-refractivity contribution in [2.45, 2.75) is 57.4 Å². The summed E-state index contributed by atoms with van der Waals surface area (Å²) in [5.41, 5.74) is 2.84. The molecule has 0 radical (unpaired) electrons. The van der Waals surface area contributed by atoms with Gasteiger partial charge in [-0.25, -0.2) is 0 Å². The Morgan fingerprint density at radius 3 is 2.40 bits per heavy atom. The Bertz CT molecular complexity index is 975. The van der Waals surface area contributed by atoms with Crippen molar-refractivity contribution < 1.29 is 9.53 Å². The van der Waals surface area contributed by atoms with Crippen molar-refractivity contribution in [3.8, 4) is 16.9 Å². The molecule has 2 fully saturated rings. The Labute approximate surface area is 226 Å². The fourth-order valence-electron chi connectivity index (χ4n) is 5.26. The van der Waals surface area contributed by atoms with Gasteiger partial charge in [-0.05, 0) is 75.5 Å². The van der Waals surface area contributed by atoms with Gasteiger partial charge in [0.1, 0.15) is 5.75 Å². The van der Waals surface area contributed by atoms with Gasteiger partial charge in [0.2, 0.25) is 5.91 Å². The van der Waals surface area contributed by atoms with E-state index in [0.717, 1.165) is 61.2 Å². The summed E-state index contributed by atoms with van der Waals surface area (Å²) in [5, 5.41) is 1.29. The molecular weight excluding hydrogens is 503 g/mol. The second-order valence-corrected chi connectivity index (χ2v) is 10.7. The Morgan fingerprint density at radius 1 is 1.00 bits per heavy atom. The summed E-state index contributed by atoms with van der Waals surface area (Å²) in [7, 11) is 4.13. The van der Waals surface area contributed by atoms with E-state index in [0.29, 0.717) is 29.1 Å². The molecule has 4 nitrogen and oxygen atoms in total. The first-order valence-corrected chi connectivity index (χ1v) is 13.3. The maximum atomic E-state index is 13.2. The fourth-order valence-corrected chi connectivity index (χ4v) is 5.90. The predicted octanol–water partition coefficient (Wildman–Crippen LogP) is 7.14. The summed E-state index contributed by atoms with van der Waals surface area (Å²) in [4.78, 5) is 17.5. The summed E-state index contributed by atoms with van der Waals surface area (Å²) in [6, 6.07) is 12.3. The third-order valence-electron chi connectivity index (χ3n) is 7.19. The van der Waals surface area contributed by atoms with E-state index >= 15 is 0 Å². The molecular formula is C28H37Cl3N2O2. The number of carbonyl (C=O) groups excluding carboxylic acids is 1. The average molecular weight is 540 g/mol. The maximum absolute atomic E-state index is 13.2. The topological polar surface area (TPSA) is 32.8 Å². The van der Waals surface area contributed by atoms with Crippen molar-refractivity contribution in [1.29, 1.82) is 0 Å². The van der Waals surface area contributed by atoms with E-state index in [1.165, 1.54) is 19.3 Å². The summed E-state index contributed by atoms with van der Waals surface area (Å²) in [5.74, 6) is 1.09. The van der Waals surface area contributed by atoms with Crippen LogP contribution in [-0.2, 0) is 11.2 Å². The second kappa shape index (κ2) is 13.2. The van der Waals surface area contributed by atoms with Crippen LogP contribution in [0.2, 0.25) is 10.0 Å². The van der Waals surface area contributed by atoms with Crippen LogP contribution >= 0.6 is 35.6 Å². The SMILES string of the molecule is CN(C)CCCOc1ccc(-c2ccc(Cl)c(CC3CCN(C4CCCCC4)C3=O)c2Cl)cc1.Cl. The van der Waals surface area contributed by atoms with Gasteiger partial charge in [-0.1, -0.05) is 60.7 Å². The van der Waals surface area contributed by atoms with E-state index < -0.39 is 0 Å². The highest BCUT2D eigenvalue weighted by molar-refractivity contribution is 6.37. The minimum atomic E-state index is -0.0369. The monoisotopic (exact) mass is 538 g/mol. The number of ether oxygens (including phenoxy) is 1. The molecule has 192 valence electrons. The van der Waals surface area contributed by atoms with Crippen LogP contribution in [0.5, 0.6) is 5.75 Å². The maximum Gasteiger partial charge on any atom is 0.226 e. The fraction of sp³-hybridized carbons (Fsp3) is 0.536. The van der Waals surface area contributed by atoms with Crippen LogP contribution in [0.25, 0.3) is 11.1 Å². The zero-order chi connectivity index (χ0) is 24.1. The van der Waals surface area contributed by atoms with Gasteiger partial charge in [-0.15, -0.1) is 12.4 Å². The molecule has 2 aromatic rings. The molecule has 35 heavy (non-hydrogen) atoms. The van der Waals surface area contributed by atoms with Crippen molar-refractivity contribution in [2.75, 3.05) is 33.8 Å². The van der Waals surface area contributed by atoms with Gasteiger partial charge >= 0.3 is 0 Å². The van der Waals surface area contributed by atoms with Crippen LogP contribution < -0.4 is 4.74 Å². The number of benzene rings is 2. The Kier molecular flexibility index (Phi) is 10.6. The molecule has 7 heteroatoms. The Hall–Kier alpha value is -1.46. The van der Waals surface area contributed by atoms with E-state index in [-0.39, 0.29) is 24.2 Å². The summed E-state index contributed by atoms with van der Waals surface area (Å²) in [6.07, 6.45) is 8.52. The lowest BCUT2D eigenvalue weighted by atomic mass is 9.93. The zero-order valence-corrected chi connectivity index (χ0v) is 23.1. The van der Waals surface area contributed by atoms with Crippen LogP contribution in [0.1, 0.15) is 50.5 Å². The molecule has 1 amide bonds. The molecule has 1 atom stereocenters. The minimum Gasteiger partial charge on any atom is -0.494 e. The highest BCUT2D eigenvalue weighted by Gasteiger charge is 2.36. The van der Waals surface area contributed by atoms with E-state index in [2.05, 4.69) is 23.9 Å². The van der Waals surface area contributed by atoms with Crippen molar-refractivity contribution in [3.05, 3.63) is 52.0 Å². The normalized spacial score (nSPS) is 18.7. The third kappa shape index (κ3) is 7.07. The molecule has 4 rings (SSSR count). The lowest BCUT2D eigenvalue weighted by molar-refractivity contribution is -0.133. The molecule has 0 bridgehead atoms. The molecule has 1 saturated heterocycles. The zero-order valence-electron chi connectivity index (χ0n) is 20.8. The summed E-state index contributed by atoms with van der Waals surface area (Å²) < 4.78 is 5.86. The predicted molar refractivity (Wildman–Crippen MR) is 148 cm³/mol. The number of halogens is 3. The van der Waals surface area contributed by atoms with Crippen LogP contribution in [0.15, 0.2) is 36.4 Å². The minimum absolute atomic E-state index is 0. The van der Waals surface area contributed by atoms with Crippen LogP contribution in [0.3, 0.4) is 0 Å². The number of likely N-dealkylation sites (tertiary alicyclic amines) is 1. The van der Waals surface area contributed by atoms with Gasteiger partial charge in [-0.3, -0.25) is 4.79 Å². The average Bonchev–Trinajstić information content (AvgIpc) is 3.20. The van der Waals surface area contributed by atoms with Crippen molar-refractivity contribution in [3.63, 3.8) is 0 Å². The van der Waals surface area contributed by atoms with E-state index in [9.17, 15) is 4.79 Å². The molecule has 1 unspecified atom stereocenters. The largest absolute Gasteiger partial charge is 0.494 e. The first-order chi connectivity index (χ1) is 16.4. The van der Waals surface area contributed by atoms with Crippen LogP contribution in [0.4, 0.5) is 0 Å². The third-order valence-corrected chi connectivity index (χ3v) is 7.97. The molecule has 1 aliphatic heterocycles. The Balaban J connectivity index is 0.00000342. The van der Waals surface area contributed by atoms with Crippen molar-refractivity contribution in [2.24, 2.45) is 5.92 Å². The number of hydrogen-bond acceptors (Lipinski definition) is 3. The quantitative estimate of drug-likeness (QED) is 0.318. The van der Waals surface area contributed by atoms with Gasteiger partial charge in [-0.2, -0.15) is 0 Å². The smallest absolute Gasteiger partial charge is 0.226 e. The lowest BCUT2D eigenvalue weighted by Gasteiger charge is -2.31.